The molecule has 0 amide bonds. The van der Waals surface area contributed by atoms with Crippen LogP contribution in [-0.4, -0.2) is 20.7 Å². The third kappa shape index (κ3) is 6.17. The fraction of sp³-hybridized carbons (Fsp3) is 0.786. The lowest BCUT2D eigenvalue weighted by Crippen LogP contribution is -2.41. The highest BCUT2D eigenvalue weighted by atomic mass is 28.4. The predicted octanol–water partition coefficient (Wildman–Crippen LogP) is 4.18. The molecule has 0 N–H and O–H groups in total. The number of rotatable bonds is 6. The molecule has 0 aliphatic heterocycles. The van der Waals surface area contributed by atoms with E-state index in [9.17, 15) is 4.79 Å². The molecular formula is C14H28O2Si. The number of ketones is 1. The molecule has 0 aliphatic carbocycles. The Bertz CT molecular complexity index is 274. The minimum absolute atomic E-state index is 0.193. The summed E-state index contributed by atoms with van der Waals surface area (Å²) in [5.41, 5.74) is 0. The quantitative estimate of drug-likeness (QED) is 0.526. The summed E-state index contributed by atoms with van der Waals surface area (Å²) in [7, 11) is -1.67. The van der Waals surface area contributed by atoms with Crippen molar-refractivity contribution >= 4 is 14.1 Å². The zero-order chi connectivity index (χ0) is 13.7. The maximum absolute atomic E-state index is 11.4. The van der Waals surface area contributed by atoms with Crippen molar-refractivity contribution in [3.05, 3.63) is 12.2 Å². The highest BCUT2D eigenvalue weighted by Crippen LogP contribution is 2.36. The van der Waals surface area contributed by atoms with Gasteiger partial charge in [-0.2, -0.15) is 0 Å². The number of carbonyl (C=O) groups is 1. The Labute approximate surface area is 108 Å². The van der Waals surface area contributed by atoms with Gasteiger partial charge in [0, 0.05) is 13.0 Å². The van der Waals surface area contributed by atoms with Crippen LogP contribution < -0.4 is 0 Å². The Morgan fingerprint density at radius 1 is 1.35 bits per heavy atom. The third-order valence-corrected chi connectivity index (χ3v) is 7.94. The van der Waals surface area contributed by atoms with Crippen molar-refractivity contribution in [1.82, 2.24) is 0 Å². The Balaban J connectivity index is 4.17. The summed E-state index contributed by atoms with van der Waals surface area (Å²) >= 11 is 0. The Kier molecular flexibility index (Phi) is 6.34. The number of allylic oxidation sites excluding steroid dienone is 2. The zero-order valence-electron chi connectivity index (χ0n) is 12.5. The molecule has 0 saturated carbocycles. The molecule has 0 radical (unpaired) electrons. The van der Waals surface area contributed by atoms with Crippen LogP contribution in [-0.2, 0) is 9.22 Å². The Morgan fingerprint density at radius 3 is 2.29 bits per heavy atom. The summed E-state index contributed by atoms with van der Waals surface area (Å²) in [5, 5.41) is 0.236. The molecular weight excluding hydrogens is 228 g/mol. The van der Waals surface area contributed by atoms with Gasteiger partial charge in [0.05, 0.1) is 0 Å². The summed E-state index contributed by atoms with van der Waals surface area (Å²) in [6.07, 6.45) is 4.02. The maximum Gasteiger partial charge on any atom is 0.191 e. The summed E-state index contributed by atoms with van der Waals surface area (Å²) in [6.45, 7) is 15.8. The molecule has 17 heavy (non-hydrogen) atoms. The van der Waals surface area contributed by atoms with E-state index in [2.05, 4.69) is 40.8 Å². The van der Waals surface area contributed by atoms with Crippen molar-refractivity contribution < 1.29 is 9.22 Å². The molecule has 0 aromatic heterocycles. The normalized spacial score (nSPS) is 15.2. The van der Waals surface area contributed by atoms with Crippen molar-refractivity contribution in [1.29, 1.82) is 0 Å². The molecule has 1 atom stereocenters. The number of carbonyl (C=O) groups excluding carboxylic acids is 1. The fourth-order valence-electron chi connectivity index (χ4n) is 1.22. The Hall–Kier alpha value is -0.413. The van der Waals surface area contributed by atoms with E-state index in [0.717, 1.165) is 0 Å². The van der Waals surface area contributed by atoms with Gasteiger partial charge in [-0.1, -0.05) is 33.8 Å². The van der Waals surface area contributed by atoms with Crippen LogP contribution in [0.25, 0.3) is 0 Å². The Morgan fingerprint density at radius 2 is 1.88 bits per heavy atom. The smallest absolute Gasteiger partial charge is 0.191 e. The SMILES string of the molecule is C/C=C/C(=O)C[C@H](C)CO[Si](C)(C)C(C)(C)C. The van der Waals surface area contributed by atoms with E-state index >= 15 is 0 Å². The van der Waals surface area contributed by atoms with Crippen LogP contribution in [0.2, 0.25) is 18.1 Å². The first-order valence-corrected chi connectivity index (χ1v) is 9.30. The first-order valence-electron chi connectivity index (χ1n) is 6.39. The first kappa shape index (κ1) is 16.6. The van der Waals surface area contributed by atoms with Crippen LogP contribution in [0.3, 0.4) is 0 Å². The van der Waals surface area contributed by atoms with Crippen molar-refractivity contribution in [2.24, 2.45) is 5.92 Å². The van der Waals surface area contributed by atoms with Gasteiger partial charge in [-0.3, -0.25) is 4.79 Å². The lowest BCUT2D eigenvalue weighted by molar-refractivity contribution is -0.115. The van der Waals surface area contributed by atoms with E-state index in [1.807, 2.05) is 6.92 Å². The second kappa shape index (κ2) is 6.50. The largest absolute Gasteiger partial charge is 0.417 e. The second-order valence-electron chi connectivity index (χ2n) is 6.35. The van der Waals surface area contributed by atoms with Gasteiger partial charge in [0.15, 0.2) is 14.1 Å². The minimum atomic E-state index is -1.67. The van der Waals surface area contributed by atoms with E-state index < -0.39 is 8.32 Å². The molecule has 0 spiro atoms. The lowest BCUT2D eigenvalue weighted by Gasteiger charge is -2.36. The molecule has 2 nitrogen and oxygen atoms in total. The van der Waals surface area contributed by atoms with Crippen LogP contribution in [0, 0.1) is 5.92 Å². The van der Waals surface area contributed by atoms with Crippen LogP contribution in [0.5, 0.6) is 0 Å². The monoisotopic (exact) mass is 256 g/mol. The van der Waals surface area contributed by atoms with E-state index in [0.29, 0.717) is 18.9 Å². The summed E-state index contributed by atoms with van der Waals surface area (Å²) in [6, 6.07) is 0. The molecule has 0 heterocycles. The van der Waals surface area contributed by atoms with E-state index in [-0.39, 0.29) is 10.8 Å². The first-order chi connectivity index (χ1) is 7.60. The van der Waals surface area contributed by atoms with Crippen LogP contribution in [0.4, 0.5) is 0 Å². The highest BCUT2D eigenvalue weighted by molar-refractivity contribution is 6.74. The molecule has 0 rings (SSSR count). The lowest BCUT2D eigenvalue weighted by atomic mass is 10.1. The maximum atomic E-state index is 11.4. The molecule has 0 aromatic rings. The van der Waals surface area contributed by atoms with Crippen LogP contribution in [0.1, 0.15) is 41.0 Å². The highest BCUT2D eigenvalue weighted by Gasteiger charge is 2.37. The average molecular weight is 256 g/mol. The van der Waals surface area contributed by atoms with Gasteiger partial charge in [-0.25, -0.2) is 0 Å². The summed E-state index contributed by atoms with van der Waals surface area (Å²) < 4.78 is 6.10. The molecule has 0 saturated heterocycles. The van der Waals surface area contributed by atoms with Crippen molar-refractivity contribution in [3.8, 4) is 0 Å². The van der Waals surface area contributed by atoms with E-state index in [1.54, 1.807) is 12.2 Å². The number of hydrogen-bond donors (Lipinski definition) is 0. The molecule has 3 heteroatoms. The van der Waals surface area contributed by atoms with Gasteiger partial charge < -0.3 is 4.43 Å². The van der Waals surface area contributed by atoms with Crippen molar-refractivity contribution in [2.75, 3.05) is 6.61 Å². The van der Waals surface area contributed by atoms with Crippen LogP contribution >= 0.6 is 0 Å². The van der Waals surface area contributed by atoms with Gasteiger partial charge in [0.2, 0.25) is 0 Å². The predicted molar refractivity (Wildman–Crippen MR) is 76.8 cm³/mol. The van der Waals surface area contributed by atoms with Gasteiger partial charge in [0.25, 0.3) is 0 Å². The topological polar surface area (TPSA) is 26.3 Å². The van der Waals surface area contributed by atoms with Crippen molar-refractivity contribution in [3.63, 3.8) is 0 Å². The molecule has 0 fully saturated rings. The standard InChI is InChI=1S/C14H28O2Si/c1-8-9-13(15)10-12(2)11-16-17(6,7)14(3,4)5/h8-9,12H,10-11H2,1-7H3/b9-8+/t12-/m0/s1. The molecule has 100 valence electrons. The number of hydrogen-bond acceptors (Lipinski definition) is 2. The third-order valence-electron chi connectivity index (χ3n) is 3.44. The fourth-order valence-corrected chi connectivity index (χ4v) is 2.36. The van der Waals surface area contributed by atoms with E-state index in [4.69, 9.17) is 4.43 Å². The van der Waals surface area contributed by atoms with E-state index in [1.165, 1.54) is 0 Å². The zero-order valence-corrected chi connectivity index (χ0v) is 13.5. The molecule has 0 aliphatic rings. The van der Waals surface area contributed by atoms with Gasteiger partial charge in [0.1, 0.15) is 0 Å². The summed E-state index contributed by atoms with van der Waals surface area (Å²) in [4.78, 5) is 11.4. The second-order valence-corrected chi connectivity index (χ2v) is 11.2. The molecule has 0 unspecified atom stereocenters. The molecule has 0 aromatic carbocycles. The minimum Gasteiger partial charge on any atom is -0.417 e. The van der Waals surface area contributed by atoms with Gasteiger partial charge >= 0.3 is 0 Å². The summed E-state index contributed by atoms with van der Waals surface area (Å²) in [5.74, 6) is 0.492. The van der Waals surface area contributed by atoms with Gasteiger partial charge in [-0.15, -0.1) is 0 Å². The van der Waals surface area contributed by atoms with Crippen LogP contribution in [0.15, 0.2) is 12.2 Å². The van der Waals surface area contributed by atoms with Gasteiger partial charge in [-0.05, 0) is 37.0 Å². The van der Waals surface area contributed by atoms with Crippen molar-refractivity contribution in [2.45, 2.75) is 59.2 Å². The average Bonchev–Trinajstić information content (AvgIpc) is 2.13. The molecule has 0 bridgehead atoms.